The van der Waals surface area contributed by atoms with Crippen LogP contribution in [0.2, 0.25) is 0 Å². The standard InChI is InChI=1S/C10H23O7P/c1-3-5-7-9(11,12)16-18(15)17-10(13,14)8-6-4-2/h11-15H,3-8H2,1-2H3. The van der Waals surface area contributed by atoms with Gasteiger partial charge in [0.25, 0.3) is 11.9 Å². The molecule has 0 aromatic carbocycles. The van der Waals surface area contributed by atoms with Gasteiger partial charge < -0.3 is 25.3 Å². The van der Waals surface area contributed by atoms with Crippen LogP contribution >= 0.6 is 8.60 Å². The van der Waals surface area contributed by atoms with E-state index in [4.69, 9.17) is 0 Å². The quantitative estimate of drug-likeness (QED) is 0.299. The smallest absolute Gasteiger partial charge is 0.338 e. The molecule has 0 unspecified atom stereocenters. The number of rotatable bonds is 10. The van der Waals surface area contributed by atoms with Crippen LogP contribution in [0.3, 0.4) is 0 Å². The molecule has 0 rings (SSSR count). The molecule has 0 saturated heterocycles. The Morgan fingerprint density at radius 1 is 0.833 bits per heavy atom. The predicted molar refractivity (Wildman–Crippen MR) is 64.7 cm³/mol. The summed E-state index contributed by atoms with van der Waals surface area (Å²) in [6.45, 7) is 3.71. The molecule has 0 spiro atoms. The summed E-state index contributed by atoms with van der Waals surface area (Å²) < 4.78 is 8.89. The number of hydrogen-bond acceptors (Lipinski definition) is 7. The van der Waals surface area contributed by atoms with Crippen molar-refractivity contribution in [3.05, 3.63) is 0 Å². The second-order valence-electron chi connectivity index (χ2n) is 4.11. The maximum atomic E-state index is 9.34. The van der Waals surface area contributed by atoms with E-state index in [-0.39, 0.29) is 12.8 Å². The van der Waals surface area contributed by atoms with Crippen LogP contribution in [0, 0.1) is 0 Å². The van der Waals surface area contributed by atoms with E-state index in [0.29, 0.717) is 12.8 Å². The van der Waals surface area contributed by atoms with Gasteiger partial charge in [-0.25, -0.2) is 0 Å². The minimum atomic E-state index is -2.79. The number of aliphatic hydroxyl groups is 4. The molecule has 0 saturated carbocycles. The zero-order chi connectivity index (χ0) is 14.2. The Morgan fingerprint density at radius 2 is 1.17 bits per heavy atom. The Morgan fingerprint density at radius 3 is 1.44 bits per heavy atom. The van der Waals surface area contributed by atoms with E-state index in [1.165, 1.54) is 0 Å². The molecule has 0 aliphatic rings. The van der Waals surface area contributed by atoms with Crippen LogP contribution in [0.5, 0.6) is 0 Å². The van der Waals surface area contributed by atoms with Gasteiger partial charge in [-0.1, -0.05) is 26.7 Å². The summed E-state index contributed by atoms with van der Waals surface area (Å²) in [5.41, 5.74) is 0. The lowest BCUT2D eigenvalue weighted by atomic mass is 10.2. The third kappa shape index (κ3) is 9.13. The Labute approximate surface area is 108 Å². The molecule has 0 aromatic rings. The predicted octanol–water partition coefficient (Wildman–Crippen LogP) is 0.896. The van der Waals surface area contributed by atoms with Crippen molar-refractivity contribution in [1.82, 2.24) is 0 Å². The lowest BCUT2D eigenvalue weighted by molar-refractivity contribution is -0.325. The topological polar surface area (TPSA) is 120 Å². The van der Waals surface area contributed by atoms with Gasteiger partial charge in [0.05, 0.1) is 0 Å². The molecular formula is C10H23O7P. The van der Waals surface area contributed by atoms with Crippen molar-refractivity contribution < 1.29 is 34.4 Å². The normalized spacial score (nSPS) is 13.3. The summed E-state index contributed by atoms with van der Waals surface area (Å²) in [6.07, 6.45) is 2.19. The summed E-state index contributed by atoms with van der Waals surface area (Å²) in [5.74, 6) is -5.06. The van der Waals surface area contributed by atoms with Gasteiger partial charge in [-0.3, -0.25) is 9.05 Å². The van der Waals surface area contributed by atoms with E-state index in [2.05, 4.69) is 9.05 Å². The van der Waals surface area contributed by atoms with E-state index in [1.54, 1.807) is 0 Å². The first kappa shape index (κ1) is 18.1. The van der Waals surface area contributed by atoms with Crippen molar-refractivity contribution in [1.29, 1.82) is 0 Å². The van der Waals surface area contributed by atoms with Crippen molar-refractivity contribution in [2.45, 2.75) is 64.3 Å². The molecule has 0 aromatic heterocycles. The molecule has 0 aliphatic heterocycles. The molecule has 0 fully saturated rings. The second-order valence-corrected chi connectivity index (χ2v) is 4.95. The average molecular weight is 286 g/mol. The fourth-order valence-corrected chi connectivity index (χ4v) is 1.89. The zero-order valence-corrected chi connectivity index (χ0v) is 11.6. The van der Waals surface area contributed by atoms with Crippen LogP contribution in [0.15, 0.2) is 0 Å². The second kappa shape index (κ2) is 8.35. The fourth-order valence-electron chi connectivity index (χ4n) is 1.17. The van der Waals surface area contributed by atoms with Gasteiger partial charge in [0, 0.05) is 12.8 Å². The largest absolute Gasteiger partial charge is 0.343 e. The minimum Gasteiger partial charge on any atom is -0.343 e. The van der Waals surface area contributed by atoms with Crippen molar-refractivity contribution in [3.8, 4) is 0 Å². The van der Waals surface area contributed by atoms with Crippen molar-refractivity contribution in [2.24, 2.45) is 0 Å². The Hall–Kier alpha value is 0.150. The van der Waals surface area contributed by atoms with Crippen LogP contribution in [0.25, 0.3) is 0 Å². The lowest BCUT2D eigenvalue weighted by Gasteiger charge is -2.27. The molecule has 0 amide bonds. The monoisotopic (exact) mass is 286 g/mol. The maximum Gasteiger partial charge on any atom is 0.338 e. The van der Waals surface area contributed by atoms with Crippen LogP contribution < -0.4 is 0 Å². The maximum absolute atomic E-state index is 9.34. The first-order chi connectivity index (χ1) is 8.22. The van der Waals surface area contributed by atoms with Crippen LogP contribution in [0.4, 0.5) is 0 Å². The third-order valence-corrected chi connectivity index (χ3v) is 3.06. The summed E-state index contributed by atoms with van der Waals surface area (Å²) in [4.78, 5) is 9.30. The van der Waals surface area contributed by atoms with Crippen LogP contribution in [-0.4, -0.2) is 37.3 Å². The molecule has 0 atom stereocenters. The summed E-state index contributed by atoms with van der Waals surface area (Å²) in [7, 11) is -2.79. The Kier molecular flexibility index (Phi) is 8.42. The molecule has 0 heterocycles. The highest BCUT2D eigenvalue weighted by atomic mass is 31.2. The zero-order valence-electron chi connectivity index (χ0n) is 10.7. The Bertz CT molecular complexity index is 200. The molecule has 0 bridgehead atoms. The highest BCUT2D eigenvalue weighted by Gasteiger charge is 2.34. The minimum absolute atomic E-state index is 0.106. The van der Waals surface area contributed by atoms with Gasteiger partial charge in [-0.2, -0.15) is 0 Å². The molecule has 8 heteroatoms. The number of unbranched alkanes of at least 4 members (excludes halogenated alkanes) is 2. The molecule has 0 radical (unpaired) electrons. The van der Waals surface area contributed by atoms with Crippen molar-refractivity contribution in [3.63, 3.8) is 0 Å². The summed E-state index contributed by atoms with van der Waals surface area (Å²) in [6, 6.07) is 0. The number of hydrogen-bond donors (Lipinski definition) is 5. The summed E-state index contributed by atoms with van der Waals surface area (Å²) in [5, 5.41) is 37.3. The molecular weight excluding hydrogens is 263 g/mol. The SMILES string of the molecule is CCCCC(O)(O)OP(O)OC(O)(O)CCCC. The van der Waals surface area contributed by atoms with Crippen LogP contribution in [0.1, 0.15) is 52.4 Å². The lowest BCUT2D eigenvalue weighted by Crippen LogP contribution is -2.34. The third-order valence-electron chi connectivity index (χ3n) is 2.16. The van der Waals surface area contributed by atoms with E-state index >= 15 is 0 Å². The molecule has 5 N–H and O–H groups in total. The van der Waals surface area contributed by atoms with E-state index < -0.39 is 20.5 Å². The van der Waals surface area contributed by atoms with Crippen LogP contribution in [-0.2, 0) is 9.05 Å². The summed E-state index contributed by atoms with van der Waals surface area (Å²) >= 11 is 0. The van der Waals surface area contributed by atoms with E-state index in [0.717, 1.165) is 12.8 Å². The van der Waals surface area contributed by atoms with Crippen molar-refractivity contribution >= 4 is 8.60 Å². The van der Waals surface area contributed by atoms with Gasteiger partial charge in [-0.15, -0.1) is 0 Å². The molecule has 18 heavy (non-hydrogen) atoms. The van der Waals surface area contributed by atoms with Gasteiger partial charge in [0.15, 0.2) is 0 Å². The molecule has 110 valence electrons. The molecule has 0 aliphatic carbocycles. The van der Waals surface area contributed by atoms with Gasteiger partial charge >= 0.3 is 8.60 Å². The first-order valence-electron chi connectivity index (χ1n) is 5.99. The highest BCUT2D eigenvalue weighted by Crippen LogP contribution is 2.42. The highest BCUT2D eigenvalue weighted by molar-refractivity contribution is 7.40. The van der Waals surface area contributed by atoms with E-state index in [1.807, 2.05) is 13.8 Å². The van der Waals surface area contributed by atoms with Gasteiger partial charge in [-0.05, 0) is 12.8 Å². The van der Waals surface area contributed by atoms with Crippen molar-refractivity contribution in [2.75, 3.05) is 0 Å². The van der Waals surface area contributed by atoms with Gasteiger partial charge in [0.2, 0.25) is 0 Å². The van der Waals surface area contributed by atoms with E-state index in [9.17, 15) is 25.3 Å². The van der Waals surface area contributed by atoms with Gasteiger partial charge in [0.1, 0.15) is 0 Å². The average Bonchev–Trinajstić information content (AvgIpc) is 2.22. The molecule has 7 nitrogen and oxygen atoms in total. The fraction of sp³-hybridized carbons (Fsp3) is 1.00. The first-order valence-corrected chi connectivity index (χ1v) is 7.12. The Balaban J connectivity index is 4.11.